The maximum Gasteiger partial charge on any atom is 0.341 e. The van der Waals surface area contributed by atoms with Gasteiger partial charge in [0.1, 0.15) is 0 Å². The van der Waals surface area contributed by atoms with Crippen LogP contribution in [0.4, 0.5) is 0 Å². The molecular formula is C18H19NO4. The number of rotatable bonds is 7. The number of carbonyl (C=O) groups excluding carboxylic acids is 2. The first-order valence-electron chi connectivity index (χ1n) is 7.43. The van der Waals surface area contributed by atoms with Gasteiger partial charge in [0, 0.05) is 0 Å². The van der Waals surface area contributed by atoms with Crippen molar-refractivity contribution in [3.63, 3.8) is 0 Å². The van der Waals surface area contributed by atoms with Crippen LogP contribution in [0, 0.1) is 0 Å². The summed E-state index contributed by atoms with van der Waals surface area (Å²) in [7, 11) is 0. The molecule has 0 amide bonds. The van der Waals surface area contributed by atoms with Gasteiger partial charge in [-0.15, -0.1) is 0 Å². The highest BCUT2D eigenvalue weighted by molar-refractivity contribution is 5.91. The number of benzene rings is 2. The highest BCUT2D eigenvalue weighted by atomic mass is 16.7. The van der Waals surface area contributed by atoms with Crippen molar-refractivity contribution in [1.29, 1.82) is 0 Å². The van der Waals surface area contributed by atoms with Crippen molar-refractivity contribution in [2.45, 2.75) is 13.2 Å². The van der Waals surface area contributed by atoms with E-state index in [2.05, 4.69) is 5.32 Å². The smallest absolute Gasteiger partial charge is 0.341 e. The van der Waals surface area contributed by atoms with Crippen LogP contribution in [0.25, 0.3) is 0 Å². The molecule has 2 aromatic carbocycles. The highest BCUT2D eigenvalue weighted by Crippen LogP contribution is 2.08. The van der Waals surface area contributed by atoms with Crippen molar-refractivity contribution in [2.24, 2.45) is 0 Å². The fraction of sp³-hybridized carbons (Fsp3) is 0.222. The van der Waals surface area contributed by atoms with Crippen LogP contribution in [-0.2, 0) is 9.47 Å². The minimum atomic E-state index is -0.990. The third-order valence-corrected chi connectivity index (χ3v) is 3.06. The zero-order valence-corrected chi connectivity index (χ0v) is 12.9. The van der Waals surface area contributed by atoms with Crippen molar-refractivity contribution < 1.29 is 19.1 Å². The Morgan fingerprint density at radius 1 is 0.870 bits per heavy atom. The van der Waals surface area contributed by atoms with E-state index in [9.17, 15) is 9.59 Å². The monoisotopic (exact) mass is 313 g/mol. The summed E-state index contributed by atoms with van der Waals surface area (Å²) < 4.78 is 10.6. The van der Waals surface area contributed by atoms with E-state index in [1.807, 2.05) is 19.1 Å². The van der Waals surface area contributed by atoms with E-state index >= 15 is 0 Å². The summed E-state index contributed by atoms with van der Waals surface area (Å²) in [6, 6.07) is 17.2. The Morgan fingerprint density at radius 3 is 1.70 bits per heavy atom. The lowest BCUT2D eigenvalue weighted by molar-refractivity contribution is -0.0774. The lowest BCUT2D eigenvalue weighted by Gasteiger charge is -2.18. The Hall–Kier alpha value is -2.66. The molecule has 5 heteroatoms. The van der Waals surface area contributed by atoms with Gasteiger partial charge in [-0.25, -0.2) is 9.59 Å². The van der Waals surface area contributed by atoms with E-state index in [1.165, 1.54) is 0 Å². The predicted octanol–water partition coefficient (Wildman–Crippen LogP) is 2.64. The molecule has 120 valence electrons. The molecule has 0 aliphatic carbocycles. The number of ether oxygens (including phenoxy) is 2. The van der Waals surface area contributed by atoms with E-state index in [-0.39, 0.29) is 6.54 Å². The number of carbonyl (C=O) groups is 2. The van der Waals surface area contributed by atoms with Crippen LogP contribution < -0.4 is 5.32 Å². The minimum absolute atomic E-state index is 0.230. The molecule has 0 aliphatic heterocycles. The number of hydrogen-bond acceptors (Lipinski definition) is 5. The summed E-state index contributed by atoms with van der Waals surface area (Å²) in [6.07, 6.45) is -0.990. The van der Waals surface area contributed by atoms with E-state index in [0.717, 1.165) is 0 Å². The standard InChI is InChI=1S/C18H19NO4/c1-2-19-13-16(22-17(20)14-9-5-3-6-10-14)23-18(21)15-11-7-4-8-12-15/h3-12,16,19H,2,13H2,1H3. The fourth-order valence-electron chi connectivity index (χ4n) is 1.89. The van der Waals surface area contributed by atoms with Crippen molar-refractivity contribution in [2.75, 3.05) is 13.1 Å². The molecule has 0 radical (unpaired) electrons. The summed E-state index contributed by atoms with van der Waals surface area (Å²) in [5, 5.41) is 3.01. The van der Waals surface area contributed by atoms with Crippen LogP contribution in [-0.4, -0.2) is 31.3 Å². The molecular weight excluding hydrogens is 294 g/mol. The number of nitrogens with one attached hydrogen (secondary N) is 1. The largest absolute Gasteiger partial charge is 0.420 e. The predicted molar refractivity (Wildman–Crippen MR) is 86.0 cm³/mol. The van der Waals surface area contributed by atoms with Gasteiger partial charge in [-0.2, -0.15) is 0 Å². The van der Waals surface area contributed by atoms with Gasteiger partial charge in [0.15, 0.2) is 0 Å². The third-order valence-electron chi connectivity index (χ3n) is 3.06. The Balaban J connectivity index is 2.02. The molecule has 2 aromatic rings. The molecule has 23 heavy (non-hydrogen) atoms. The maximum atomic E-state index is 12.1. The maximum absolute atomic E-state index is 12.1. The normalized spacial score (nSPS) is 10.3. The van der Waals surface area contributed by atoms with E-state index in [1.54, 1.807) is 48.5 Å². The van der Waals surface area contributed by atoms with Gasteiger partial charge >= 0.3 is 11.9 Å². The van der Waals surface area contributed by atoms with Gasteiger partial charge in [0.25, 0.3) is 6.29 Å². The molecule has 0 heterocycles. The molecule has 0 aliphatic rings. The van der Waals surface area contributed by atoms with Crippen LogP contribution in [0.5, 0.6) is 0 Å². The molecule has 0 spiro atoms. The van der Waals surface area contributed by atoms with Crippen LogP contribution >= 0.6 is 0 Å². The molecule has 0 atom stereocenters. The molecule has 0 fully saturated rings. The highest BCUT2D eigenvalue weighted by Gasteiger charge is 2.20. The Kier molecular flexibility index (Phi) is 6.32. The Labute approximate surface area is 135 Å². The van der Waals surface area contributed by atoms with Gasteiger partial charge in [-0.3, -0.25) is 0 Å². The topological polar surface area (TPSA) is 64.6 Å². The molecule has 2 rings (SSSR count). The molecule has 0 saturated heterocycles. The SMILES string of the molecule is CCNCC(OC(=O)c1ccccc1)OC(=O)c1ccccc1. The van der Waals surface area contributed by atoms with E-state index in [4.69, 9.17) is 9.47 Å². The van der Waals surface area contributed by atoms with Crippen molar-refractivity contribution in [3.05, 3.63) is 71.8 Å². The van der Waals surface area contributed by atoms with Gasteiger partial charge in [0.05, 0.1) is 17.7 Å². The first-order valence-corrected chi connectivity index (χ1v) is 7.43. The van der Waals surface area contributed by atoms with Gasteiger partial charge in [-0.1, -0.05) is 43.3 Å². The van der Waals surface area contributed by atoms with Crippen LogP contribution in [0.3, 0.4) is 0 Å². The first kappa shape index (κ1) is 16.7. The van der Waals surface area contributed by atoms with Gasteiger partial charge in [-0.05, 0) is 30.8 Å². The zero-order valence-electron chi connectivity index (χ0n) is 12.9. The van der Waals surface area contributed by atoms with Crippen LogP contribution in [0.1, 0.15) is 27.6 Å². The summed E-state index contributed by atoms with van der Waals surface area (Å²) in [4.78, 5) is 24.2. The minimum Gasteiger partial charge on any atom is -0.420 e. The Bertz CT molecular complexity index is 574. The summed E-state index contributed by atoms with van der Waals surface area (Å²) in [5.74, 6) is -1.07. The van der Waals surface area contributed by atoms with Crippen LogP contribution in [0.15, 0.2) is 60.7 Å². The lowest BCUT2D eigenvalue weighted by Crippen LogP contribution is -2.35. The average Bonchev–Trinajstić information content (AvgIpc) is 2.61. The van der Waals surface area contributed by atoms with Crippen molar-refractivity contribution >= 4 is 11.9 Å². The first-order chi connectivity index (χ1) is 11.2. The number of likely N-dealkylation sites (N-methyl/N-ethyl adjacent to an activating group) is 1. The summed E-state index contributed by atoms with van der Waals surface area (Å²) >= 11 is 0. The Morgan fingerprint density at radius 2 is 1.30 bits per heavy atom. The van der Waals surface area contributed by atoms with Crippen molar-refractivity contribution in [1.82, 2.24) is 5.32 Å². The van der Waals surface area contributed by atoms with Crippen LogP contribution in [0.2, 0.25) is 0 Å². The molecule has 0 bridgehead atoms. The van der Waals surface area contributed by atoms with E-state index < -0.39 is 18.2 Å². The zero-order chi connectivity index (χ0) is 16.5. The van der Waals surface area contributed by atoms with Gasteiger partial charge < -0.3 is 14.8 Å². The average molecular weight is 313 g/mol. The molecule has 5 nitrogen and oxygen atoms in total. The second-order valence-corrected chi connectivity index (χ2v) is 4.78. The van der Waals surface area contributed by atoms with E-state index in [0.29, 0.717) is 17.7 Å². The molecule has 0 unspecified atom stereocenters. The molecule has 0 saturated carbocycles. The summed E-state index contributed by atoms with van der Waals surface area (Å²) in [6.45, 7) is 2.81. The lowest BCUT2D eigenvalue weighted by atomic mass is 10.2. The molecule has 1 N–H and O–H groups in total. The van der Waals surface area contributed by atoms with Gasteiger partial charge in [0.2, 0.25) is 0 Å². The molecule has 0 aromatic heterocycles. The second-order valence-electron chi connectivity index (χ2n) is 4.78. The fourth-order valence-corrected chi connectivity index (χ4v) is 1.89. The third kappa shape index (κ3) is 5.23. The quantitative estimate of drug-likeness (QED) is 0.629. The van der Waals surface area contributed by atoms with Crippen molar-refractivity contribution in [3.8, 4) is 0 Å². The summed E-state index contributed by atoms with van der Waals surface area (Å²) in [5.41, 5.74) is 0.814. The number of esters is 2. The second kappa shape index (κ2) is 8.70. The number of hydrogen-bond donors (Lipinski definition) is 1.